The van der Waals surface area contributed by atoms with E-state index in [0.29, 0.717) is 18.4 Å². The van der Waals surface area contributed by atoms with E-state index < -0.39 is 0 Å². The zero-order valence-corrected chi connectivity index (χ0v) is 7.42. The number of methoxy groups -OCH3 is 1. The molecule has 0 aliphatic carbocycles. The summed E-state index contributed by atoms with van der Waals surface area (Å²) in [4.78, 5) is 10.1. The van der Waals surface area contributed by atoms with Crippen molar-refractivity contribution in [2.45, 2.75) is 12.8 Å². The molecule has 0 bridgehead atoms. The van der Waals surface area contributed by atoms with Crippen molar-refractivity contribution >= 4 is 6.29 Å². The van der Waals surface area contributed by atoms with Crippen LogP contribution in [-0.2, 0) is 11.2 Å². The van der Waals surface area contributed by atoms with Gasteiger partial charge in [-0.25, -0.2) is 4.39 Å². The Hall–Kier alpha value is -1.38. The highest BCUT2D eigenvalue weighted by molar-refractivity contribution is 5.50. The van der Waals surface area contributed by atoms with E-state index in [1.165, 1.54) is 7.11 Å². The molecule has 0 unspecified atom stereocenters. The molecule has 0 radical (unpaired) electrons. The van der Waals surface area contributed by atoms with Crippen LogP contribution in [0.1, 0.15) is 12.0 Å². The molecule has 70 valence electrons. The molecule has 0 heterocycles. The molecule has 0 aliphatic rings. The lowest BCUT2D eigenvalue weighted by Gasteiger charge is -2.05. The second-order valence-electron chi connectivity index (χ2n) is 2.64. The number of carbonyl (C=O) groups excluding carboxylic acids is 1. The fourth-order valence-electron chi connectivity index (χ4n) is 1.12. The standard InChI is InChI=1S/C10H11FO2/c1-13-9-6-2-4-8(10(9)11)5-3-7-12/h2,4,6-7H,3,5H2,1H3. The molecule has 0 spiro atoms. The van der Waals surface area contributed by atoms with E-state index in [2.05, 4.69) is 0 Å². The largest absolute Gasteiger partial charge is 0.494 e. The smallest absolute Gasteiger partial charge is 0.168 e. The summed E-state index contributed by atoms with van der Waals surface area (Å²) in [5.41, 5.74) is 0.520. The van der Waals surface area contributed by atoms with Crippen LogP contribution in [0.5, 0.6) is 5.75 Å². The van der Waals surface area contributed by atoms with Crippen molar-refractivity contribution in [3.8, 4) is 5.75 Å². The summed E-state index contributed by atoms with van der Waals surface area (Å²) in [5.74, 6) is -0.143. The first-order valence-corrected chi connectivity index (χ1v) is 4.04. The number of aldehydes is 1. The maximum atomic E-state index is 13.4. The molecule has 1 rings (SSSR count). The fourth-order valence-corrected chi connectivity index (χ4v) is 1.12. The van der Waals surface area contributed by atoms with Gasteiger partial charge in [-0.1, -0.05) is 12.1 Å². The Morgan fingerprint density at radius 2 is 2.31 bits per heavy atom. The first-order chi connectivity index (χ1) is 6.29. The Morgan fingerprint density at radius 3 is 2.92 bits per heavy atom. The van der Waals surface area contributed by atoms with E-state index in [1.807, 2.05) is 0 Å². The minimum atomic E-state index is -0.369. The number of rotatable bonds is 4. The molecule has 0 aromatic heterocycles. The molecule has 13 heavy (non-hydrogen) atoms. The van der Waals surface area contributed by atoms with Crippen molar-refractivity contribution in [2.24, 2.45) is 0 Å². The van der Waals surface area contributed by atoms with Gasteiger partial charge < -0.3 is 9.53 Å². The van der Waals surface area contributed by atoms with Crippen LogP contribution in [0.2, 0.25) is 0 Å². The topological polar surface area (TPSA) is 26.3 Å². The highest BCUT2D eigenvalue weighted by Crippen LogP contribution is 2.20. The summed E-state index contributed by atoms with van der Waals surface area (Å²) >= 11 is 0. The Morgan fingerprint density at radius 1 is 1.54 bits per heavy atom. The molecular formula is C10H11FO2. The van der Waals surface area contributed by atoms with Gasteiger partial charge in [0, 0.05) is 6.42 Å². The molecule has 0 saturated carbocycles. The zero-order valence-electron chi connectivity index (χ0n) is 7.42. The maximum Gasteiger partial charge on any atom is 0.168 e. The van der Waals surface area contributed by atoms with Crippen molar-refractivity contribution in [1.29, 1.82) is 0 Å². The summed E-state index contributed by atoms with van der Waals surface area (Å²) in [5, 5.41) is 0. The molecule has 0 aliphatic heterocycles. The van der Waals surface area contributed by atoms with Crippen LogP contribution < -0.4 is 4.74 Å². The van der Waals surface area contributed by atoms with E-state index >= 15 is 0 Å². The van der Waals surface area contributed by atoms with E-state index in [9.17, 15) is 9.18 Å². The third-order valence-electron chi connectivity index (χ3n) is 1.79. The molecule has 0 fully saturated rings. The Labute approximate surface area is 76.3 Å². The summed E-state index contributed by atoms with van der Waals surface area (Å²) in [6.45, 7) is 0. The van der Waals surface area contributed by atoms with Crippen LogP contribution in [0.25, 0.3) is 0 Å². The molecule has 0 atom stereocenters. The average Bonchev–Trinajstić information content (AvgIpc) is 2.16. The Kier molecular flexibility index (Phi) is 3.43. The van der Waals surface area contributed by atoms with Crippen LogP contribution in [0.4, 0.5) is 4.39 Å². The molecule has 1 aromatic rings. The van der Waals surface area contributed by atoms with Gasteiger partial charge in [0.2, 0.25) is 0 Å². The van der Waals surface area contributed by atoms with Crippen LogP contribution >= 0.6 is 0 Å². The summed E-state index contributed by atoms with van der Waals surface area (Å²) in [7, 11) is 1.42. The van der Waals surface area contributed by atoms with E-state index in [-0.39, 0.29) is 11.6 Å². The van der Waals surface area contributed by atoms with Gasteiger partial charge in [0.15, 0.2) is 11.6 Å². The number of carbonyl (C=O) groups is 1. The van der Waals surface area contributed by atoms with E-state index in [0.717, 1.165) is 6.29 Å². The van der Waals surface area contributed by atoms with Crippen molar-refractivity contribution in [3.05, 3.63) is 29.6 Å². The van der Waals surface area contributed by atoms with Crippen LogP contribution in [0.3, 0.4) is 0 Å². The Balaban J connectivity index is 2.87. The number of hydrogen-bond donors (Lipinski definition) is 0. The number of benzene rings is 1. The third-order valence-corrected chi connectivity index (χ3v) is 1.79. The number of aryl methyl sites for hydroxylation is 1. The van der Waals surface area contributed by atoms with Crippen LogP contribution in [0, 0.1) is 5.82 Å². The van der Waals surface area contributed by atoms with Gasteiger partial charge in [-0.3, -0.25) is 0 Å². The van der Waals surface area contributed by atoms with Crippen molar-refractivity contribution in [3.63, 3.8) is 0 Å². The van der Waals surface area contributed by atoms with E-state index in [4.69, 9.17) is 4.74 Å². The molecule has 3 heteroatoms. The Bertz CT molecular complexity index is 297. The fraction of sp³-hybridized carbons (Fsp3) is 0.300. The first kappa shape index (κ1) is 9.71. The predicted molar refractivity (Wildman–Crippen MR) is 47.3 cm³/mol. The second-order valence-corrected chi connectivity index (χ2v) is 2.64. The summed E-state index contributed by atoms with van der Waals surface area (Å²) < 4.78 is 18.2. The zero-order chi connectivity index (χ0) is 9.68. The SMILES string of the molecule is COc1cccc(CCC=O)c1F. The van der Waals surface area contributed by atoms with E-state index in [1.54, 1.807) is 18.2 Å². The molecule has 0 amide bonds. The average molecular weight is 182 g/mol. The number of halogens is 1. The van der Waals surface area contributed by atoms with Gasteiger partial charge >= 0.3 is 0 Å². The van der Waals surface area contributed by atoms with Crippen molar-refractivity contribution < 1.29 is 13.9 Å². The normalized spacial score (nSPS) is 9.69. The molecule has 0 saturated heterocycles. The monoisotopic (exact) mass is 182 g/mol. The number of ether oxygens (including phenoxy) is 1. The lowest BCUT2D eigenvalue weighted by molar-refractivity contribution is -0.107. The first-order valence-electron chi connectivity index (χ1n) is 4.04. The van der Waals surface area contributed by atoms with Gasteiger partial charge in [-0.2, -0.15) is 0 Å². The number of hydrogen-bond acceptors (Lipinski definition) is 2. The lowest BCUT2D eigenvalue weighted by atomic mass is 10.1. The quantitative estimate of drug-likeness (QED) is 0.665. The molecular weight excluding hydrogens is 171 g/mol. The minimum Gasteiger partial charge on any atom is -0.494 e. The van der Waals surface area contributed by atoms with Crippen molar-refractivity contribution in [2.75, 3.05) is 7.11 Å². The van der Waals surface area contributed by atoms with Crippen LogP contribution in [-0.4, -0.2) is 13.4 Å². The third kappa shape index (κ3) is 2.28. The molecule has 0 N–H and O–H groups in total. The van der Waals surface area contributed by atoms with Crippen LogP contribution in [0.15, 0.2) is 18.2 Å². The predicted octanol–water partition coefficient (Wildman–Crippen LogP) is 1.97. The van der Waals surface area contributed by atoms with Crippen molar-refractivity contribution in [1.82, 2.24) is 0 Å². The second kappa shape index (κ2) is 4.60. The van der Waals surface area contributed by atoms with Gasteiger partial charge in [0.25, 0.3) is 0 Å². The summed E-state index contributed by atoms with van der Waals surface area (Å²) in [6.07, 6.45) is 1.54. The van der Waals surface area contributed by atoms with Gasteiger partial charge in [-0.05, 0) is 18.1 Å². The molecule has 1 aromatic carbocycles. The summed E-state index contributed by atoms with van der Waals surface area (Å²) in [6, 6.07) is 4.92. The molecule has 2 nitrogen and oxygen atoms in total. The minimum absolute atomic E-state index is 0.225. The maximum absolute atomic E-state index is 13.4. The van der Waals surface area contributed by atoms with Gasteiger partial charge in [0.05, 0.1) is 7.11 Å². The van der Waals surface area contributed by atoms with Gasteiger partial charge in [-0.15, -0.1) is 0 Å². The highest BCUT2D eigenvalue weighted by atomic mass is 19.1. The highest BCUT2D eigenvalue weighted by Gasteiger charge is 2.06. The lowest BCUT2D eigenvalue weighted by Crippen LogP contribution is -1.95. The van der Waals surface area contributed by atoms with Gasteiger partial charge in [0.1, 0.15) is 6.29 Å².